The lowest BCUT2D eigenvalue weighted by molar-refractivity contribution is -0.147. The summed E-state index contributed by atoms with van der Waals surface area (Å²) in [5.74, 6) is -0.0664. The number of anilines is 1. The fourth-order valence-corrected chi connectivity index (χ4v) is 4.13. The van der Waals surface area contributed by atoms with E-state index in [2.05, 4.69) is 16.9 Å². The maximum atomic E-state index is 12.4. The molecule has 2 heterocycles. The summed E-state index contributed by atoms with van der Waals surface area (Å²) in [6.45, 7) is 3.42. The van der Waals surface area contributed by atoms with Crippen molar-refractivity contribution in [2.75, 3.05) is 5.73 Å². The second-order valence-electron chi connectivity index (χ2n) is 5.80. The van der Waals surface area contributed by atoms with E-state index in [1.807, 2.05) is 0 Å². The number of nitrogen functional groups attached to an aromatic ring is 1. The maximum Gasteiger partial charge on any atom is 0.309 e. The molecule has 1 fully saturated rings. The number of hydrogen-bond acceptors (Lipinski definition) is 7. The number of aromatic nitrogens is 3. The van der Waals surface area contributed by atoms with E-state index in [0.717, 1.165) is 17.8 Å². The number of thiazole rings is 1. The smallest absolute Gasteiger partial charge is 0.309 e. The van der Waals surface area contributed by atoms with E-state index in [-0.39, 0.29) is 33.2 Å². The molecule has 1 aliphatic carbocycles. The number of aromatic amines is 1. The molecule has 9 heteroatoms. The molecule has 0 spiro atoms. The van der Waals surface area contributed by atoms with E-state index in [1.54, 1.807) is 0 Å². The Labute approximate surface area is 135 Å². The van der Waals surface area contributed by atoms with Crippen molar-refractivity contribution in [1.82, 2.24) is 14.5 Å². The number of carbonyl (C=O) groups excluding carboxylic acids is 1. The van der Waals surface area contributed by atoms with Crippen molar-refractivity contribution < 1.29 is 9.53 Å². The fraction of sp³-hybridized carbons (Fsp3) is 0.571. The van der Waals surface area contributed by atoms with Gasteiger partial charge in [-0.1, -0.05) is 24.7 Å². The van der Waals surface area contributed by atoms with Gasteiger partial charge in [0.05, 0.1) is 6.04 Å². The lowest BCUT2D eigenvalue weighted by Gasteiger charge is -2.20. The van der Waals surface area contributed by atoms with Gasteiger partial charge in [0.25, 0.3) is 5.56 Å². The lowest BCUT2D eigenvalue weighted by Crippen LogP contribution is -2.29. The summed E-state index contributed by atoms with van der Waals surface area (Å²) in [6.07, 6.45) is 1.94. The second-order valence-corrected chi connectivity index (χ2v) is 6.76. The van der Waals surface area contributed by atoms with Gasteiger partial charge in [-0.15, -0.1) is 0 Å². The minimum absolute atomic E-state index is 0.0388. The van der Waals surface area contributed by atoms with E-state index in [0.29, 0.717) is 18.8 Å². The third kappa shape index (κ3) is 2.76. The average molecular weight is 338 g/mol. The van der Waals surface area contributed by atoms with Gasteiger partial charge in [0.15, 0.2) is 5.65 Å². The van der Waals surface area contributed by atoms with Crippen LogP contribution in [0, 0.1) is 5.92 Å². The molecule has 1 unspecified atom stereocenters. The summed E-state index contributed by atoms with van der Waals surface area (Å²) in [4.78, 5) is 42.0. The number of fused-ring (bicyclic) bond motifs is 1. The Morgan fingerprint density at radius 1 is 1.48 bits per heavy atom. The number of H-pyrrole nitrogens is 1. The zero-order chi connectivity index (χ0) is 16.7. The van der Waals surface area contributed by atoms with E-state index < -0.39 is 11.7 Å². The van der Waals surface area contributed by atoms with Crippen LogP contribution in [-0.2, 0) is 9.53 Å². The van der Waals surface area contributed by atoms with Gasteiger partial charge in [0, 0.05) is 6.92 Å². The maximum absolute atomic E-state index is 12.4. The van der Waals surface area contributed by atoms with Crippen LogP contribution in [0.25, 0.3) is 10.3 Å². The van der Waals surface area contributed by atoms with Crippen molar-refractivity contribution in [3.05, 3.63) is 20.0 Å². The first kappa shape index (κ1) is 15.7. The zero-order valence-electron chi connectivity index (χ0n) is 12.9. The van der Waals surface area contributed by atoms with Crippen LogP contribution < -0.4 is 16.2 Å². The largest absolute Gasteiger partial charge is 0.460 e. The Kier molecular flexibility index (Phi) is 3.97. The molecule has 0 aromatic carbocycles. The van der Waals surface area contributed by atoms with Crippen LogP contribution in [0.1, 0.15) is 39.2 Å². The van der Waals surface area contributed by atoms with Gasteiger partial charge >= 0.3 is 10.8 Å². The molecule has 3 atom stereocenters. The molecular weight excluding hydrogens is 320 g/mol. The number of ether oxygens (including phenoxy) is 1. The van der Waals surface area contributed by atoms with E-state index in [1.165, 1.54) is 11.5 Å². The van der Waals surface area contributed by atoms with Gasteiger partial charge in [-0.05, 0) is 18.8 Å². The number of esters is 1. The summed E-state index contributed by atoms with van der Waals surface area (Å²) >= 11 is 0.836. The summed E-state index contributed by atoms with van der Waals surface area (Å²) in [7, 11) is 0. The predicted molar refractivity (Wildman–Crippen MR) is 86.5 cm³/mol. The quantitative estimate of drug-likeness (QED) is 0.806. The molecule has 0 saturated heterocycles. The van der Waals surface area contributed by atoms with Crippen LogP contribution in [0.5, 0.6) is 0 Å². The number of hydrogen-bond donors (Lipinski definition) is 2. The highest BCUT2D eigenvalue weighted by Crippen LogP contribution is 2.39. The Balaban J connectivity index is 2.14. The van der Waals surface area contributed by atoms with Crippen LogP contribution in [-0.4, -0.2) is 26.6 Å². The van der Waals surface area contributed by atoms with Gasteiger partial charge in [-0.3, -0.25) is 23.9 Å². The van der Waals surface area contributed by atoms with Crippen molar-refractivity contribution in [3.63, 3.8) is 0 Å². The van der Waals surface area contributed by atoms with Crippen LogP contribution in [0.3, 0.4) is 0 Å². The van der Waals surface area contributed by atoms with Crippen LogP contribution in [0.15, 0.2) is 9.59 Å². The fourth-order valence-electron chi connectivity index (χ4n) is 3.26. The lowest BCUT2D eigenvalue weighted by atomic mass is 10.1. The van der Waals surface area contributed by atoms with Crippen molar-refractivity contribution in [3.8, 4) is 0 Å². The molecule has 8 nitrogen and oxygen atoms in total. The van der Waals surface area contributed by atoms with Crippen molar-refractivity contribution in [1.29, 1.82) is 0 Å². The zero-order valence-corrected chi connectivity index (χ0v) is 13.7. The third-order valence-corrected chi connectivity index (χ3v) is 5.23. The molecule has 124 valence electrons. The Hall–Kier alpha value is -2.16. The summed E-state index contributed by atoms with van der Waals surface area (Å²) in [6, 6.07) is -0.321. The molecule has 1 aliphatic rings. The standard InChI is InChI=1S/C14H18N4O4S/c1-3-7-4-8(9(5-7)22-6(2)19)18-11-10(23-14(18)21)12(20)17-13(15)16-11/h7-9H,3-5H2,1-2H3,(H3,15,16,17,20)/t7-,8+,9?/m0/s1. The molecule has 3 N–H and O–H groups in total. The molecule has 3 rings (SSSR count). The number of rotatable bonds is 3. The molecule has 23 heavy (non-hydrogen) atoms. The van der Waals surface area contributed by atoms with Crippen molar-refractivity contribution in [2.24, 2.45) is 5.92 Å². The van der Waals surface area contributed by atoms with Gasteiger partial charge < -0.3 is 10.5 Å². The second kappa shape index (κ2) is 5.80. The van der Waals surface area contributed by atoms with Crippen molar-refractivity contribution in [2.45, 2.75) is 45.3 Å². The van der Waals surface area contributed by atoms with E-state index in [4.69, 9.17) is 10.5 Å². The molecule has 0 amide bonds. The summed E-state index contributed by atoms with van der Waals surface area (Å²) in [5, 5.41) is 0. The normalized spacial score (nSPS) is 24.2. The molecule has 0 aliphatic heterocycles. The highest BCUT2D eigenvalue weighted by Gasteiger charge is 2.39. The SMILES string of the molecule is CC[C@@H]1CC(OC(C)=O)[C@H](n2c(=O)sc3c(=O)[nH]c(N)nc32)C1. The summed E-state index contributed by atoms with van der Waals surface area (Å²) in [5.41, 5.74) is 5.44. The molecule has 0 bridgehead atoms. The molecule has 0 radical (unpaired) electrons. The highest BCUT2D eigenvalue weighted by molar-refractivity contribution is 7.16. The van der Waals surface area contributed by atoms with Crippen LogP contribution >= 0.6 is 11.3 Å². The Morgan fingerprint density at radius 2 is 2.22 bits per heavy atom. The topological polar surface area (TPSA) is 120 Å². The number of carbonyl (C=O) groups is 1. The average Bonchev–Trinajstić information content (AvgIpc) is 2.99. The molecule has 1 saturated carbocycles. The minimum Gasteiger partial charge on any atom is -0.460 e. The third-order valence-electron chi connectivity index (χ3n) is 4.29. The summed E-state index contributed by atoms with van der Waals surface area (Å²) < 4.78 is 7.11. The van der Waals surface area contributed by atoms with Crippen molar-refractivity contribution >= 4 is 33.6 Å². The van der Waals surface area contributed by atoms with Gasteiger partial charge in [-0.25, -0.2) is 0 Å². The first-order valence-corrected chi connectivity index (χ1v) is 8.30. The Bertz CT molecular complexity index is 868. The van der Waals surface area contributed by atoms with Gasteiger partial charge in [-0.2, -0.15) is 4.98 Å². The van der Waals surface area contributed by atoms with E-state index >= 15 is 0 Å². The Morgan fingerprint density at radius 3 is 2.87 bits per heavy atom. The predicted octanol–water partition coefficient (Wildman–Crippen LogP) is 1.02. The molecule has 2 aromatic heterocycles. The van der Waals surface area contributed by atoms with Crippen LogP contribution in [0.4, 0.5) is 5.95 Å². The first-order valence-electron chi connectivity index (χ1n) is 7.48. The molecular formula is C14H18N4O4S. The monoisotopic (exact) mass is 338 g/mol. The van der Waals surface area contributed by atoms with E-state index in [9.17, 15) is 14.4 Å². The number of nitrogens with one attached hydrogen (secondary N) is 1. The van der Waals surface area contributed by atoms with Gasteiger partial charge in [0.1, 0.15) is 10.8 Å². The van der Waals surface area contributed by atoms with Gasteiger partial charge in [0.2, 0.25) is 5.95 Å². The first-order chi connectivity index (χ1) is 10.9. The minimum atomic E-state index is -0.428. The number of nitrogens with zero attached hydrogens (tertiary/aromatic N) is 2. The highest BCUT2D eigenvalue weighted by atomic mass is 32.1. The molecule has 2 aromatic rings. The number of nitrogens with two attached hydrogens (primary N) is 1. The van der Waals surface area contributed by atoms with Crippen LogP contribution in [0.2, 0.25) is 0 Å².